The molecule has 0 amide bonds. The summed E-state index contributed by atoms with van der Waals surface area (Å²) in [4.78, 5) is 0. The van der Waals surface area contributed by atoms with E-state index in [0.717, 1.165) is 0 Å². The van der Waals surface area contributed by atoms with Crippen LogP contribution in [0, 0.1) is 0 Å². The van der Waals surface area contributed by atoms with Crippen LogP contribution >= 0.6 is 11.9 Å². The van der Waals surface area contributed by atoms with E-state index in [0.29, 0.717) is 0 Å². The van der Waals surface area contributed by atoms with Gasteiger partial charge in [0.2, 0.25) is 10.4 Å². The summed E-state index contributed by atoms with van der Waals surface area (Å²) in [5, 5.41) is 0. The zero-order valence-electron chi connectivity index (χ0n) is 2.77. The van der Waals surface area contributed by atoms with E-state index in [4.69, 9.17) is 13.0 Å². The van der Waals surface area contributed by atoms with Gasteiger partial charge >= 0.3 is 17.1 Å². The molecule has 0 fully saturated rings. The quantitative estimate of drug-likeness (QED) is 0.319. The topological polar surface area (TPSA) is 66.4 Å². The van der Waals surface area contributed by atoms with Crippen LogP contribution in [0.5, 0.6) is 0 Å². The van der Waals surface area contributed by atoms with Gasteiger partial charge in [0, 0.05) is 0 Å². The average Bonchev–Trinajstić information content (AvgIpc) is 1.35. The molecule has 44 valence electrons. The molecular formula is ClFeO4S+. The number of halogens is 1. The first-order valence-corrected chi connectivity index (χ1v) is 2.46. The van der Waals surface area contributed by atoms with Crippen LogP contribution in [0.2, 0.25) is 0 Å². The van der Waals surface area contributed by atoms with Gasteiger partial charge in [0.25, 0.3) is 0 Å². The van der Waals surface area contributed by atoms with E-state index in [1.165, 1.54) is 0 Å². The van der Waals surface area contributed by atoms with Crippen LogP contribution in [0.15, 0.2) is 0 Å². The summed E-state index contributed by atoms with van der Waals surface area (Å²) in [6.07, 6.45) is 0. The van der Waals surface area contributed by atoms with Crippen molar-refractivity contribution >= 4 is 22.3 Å². The molecule has 0 aliphatic carbocycles. The van der Waals surface area contributed by atoms with Crippen LogP contribution in [-0.4, -0.2) is 13.0 Å². The largest absolute Gasteiger partial charge is 2.00 e. The van der Waals surface area contributed by atoms with Crippen molar-refractivity contribution in [2.24, 2.45) is 0 Å². The Bertz CT molecular complexity index is 114. The third kappa shape index (κ3) is 10.8. The van der Waals surface area contributed by atoms with Gasteiger partial charge in [-0.05, 0) is 0 Å². The third-order valence-electron chi connectivity index (χ3n) is 0.0772. The van der Waals surface area contributed by atoms with Crippen LogP contribution in [0.1, 0.15) is 0 Å². The molecule has 0 unspecified atom stereocenters. The fourth-order valence-corrected chi connectivity index (χ4v) is 0. The van der Waals surface area contributed by atoms with E-state index in [1.54, 1.807) is 0 Å². The summed E-state index contributed by atoms with van der Waals surface area (Å²) in [5.41, 5.74) is 0. The first-order valence-electron chi connectivity index (χ1n) is 0.821. The molecule has 0 N–H and O–H groups in total. The number of hydrogen-bond donors (Lipinski definition) is 0. The van der Waals surface area contributed by atoms with Crippen LogP contribution in [0.4, 0.5) is 0 Å². The molecular weight excluding hydrogens is 187 g/mol. The Balaban J connectivity index is 0. The molecule has 7 heavy (non-hydrogen) atoms. The summed E-state index contributed by atoms with van der Waals surface area (Å²) in [6, 6.07) is 0. The predicted octanol–water partition coefficient (Wildman–Crippen LogP) is -0.385. The maximum absolute atomic E-state index is 9.09. The summed E-state index contributed by atoms with van der Waals surface area (Å²) in [7, 11) is -4.65. The van der Waals surface area contributed by atoms with Gasteiger partial charge in [-0.1, -0.05) is 0 Å². The Morgan fingerprint density at radius 1 is 1.57 bits per heavy atom. The van der Waals surface area contributed by atoms with Crippen LogP contribution in [-0.2, 0) is 31.2 Å². The Morgan fingerprint density at radius 2 is 1.71 bits per heavy atom. The minimum absolute atomic E-state index is 0. The number of rotatable bonds is 1. The smallest absolute Gasteiger partial charge is 0.725 e. The Morgan fingerprint density at radius 3 is 1.71 bits per heavy atom. The van der Waals surface area contributed by atoms with Crippen molar-refractivity contribution in [2.75, 3.05) is 0 Å². The van der Waals surface area contributed by atoms with Gasteiger partial charge in [0.05, 0.1) is 11.9 Å². The summed E-state index contributed by atoms with van der Waals surface area (Å²) < 4.78 is 30.1. The zero-order valence-corrected chi connectivity index (χ0v) is 5.45. The molecule has 0 saturated carbocycles. The van der Waals surface area contributed by atoms with Gasteiger partial charge in [-0.3, -0.25) is 0 Å². The molecule has 0 heterocycles. The van der Waals surface area contributed by atoms with Crippen molar-refractivity contribution in [1.29, 1.82) is 0 Å². The van der Waals surface area contributed by atoms with Crippen LogP contribution < -0.4 is 0 Å². The zero-order chi connectivity index (χ0) is 5.21. The summed E-state index contributed by atoms with van der Waals surface area (Å²) in [6.45, 7) is 0. The minimum atomic E-state index is -4.65. The van der Waals surface area contributed by atoms with Crippen molar-refractivity contribution in [3.63, 3.8) is 0 Å². The van der Waals surface area contributed by atoms with E-state index in [9.17, 15) is 0 Å². The molecule has 0 spiro atoms. The molecule has 0 radical (unpaired) electrons. The Labute approximate surface area is 56.4 Å². The second-order valence-electron chi connectivity index (χ2n) is 0.471. The Kier molecular flexibility index (Phi) is 5.54. The third-order valence-corrected chi connectivity index (χ3v) is 0.694. The molecule has 7 heteroatoms. The molecule has 0 bridgehead atoms. The summed E-state index contributed by atoms with van der Waals surface area (Å²) in [5.74, 6) is 0. The molecule has 0 aromatic rings. The molecule has 4 nitrogen and oxygen atoms in total. The van der Waals surface area contributed by atoms with Gasteiger partial charge in [-0.2, -0.15) is 3.74 Å². The Hall–Kier alpha value is 0.679. The van der Waals surface area contributed by atoms with Gasteiger partial charge < -0.3 is 4.55 Å². The second-order valence-corrected chi connectivity index (χ2v) is 1.79. The molecule has 0 aliphatic heterocycles. The van der Waals surface area contributed by atoms with E-state index in [2.05, 4.69) is 15.6 Å². The maximum Gasteiger partial charge on any atom is 2.00 e. The SMILES string of the molecule is O=S(=O)([O-])OCl.[Fe+2]. The van der Waals surface area contributed by atoms with Gasteiger partial charge in [-0.25, -0.2) is 8.42 Å². The fraction of sp³-hybridized carbons (Fsp3) is 0. The van der Waals surface area contributed by atoms with Gasteiger partial charge in [0.15, 0.2) is 0 Å². The normalized spacial score (nSPS) is 10.0. The first-order chi connectivity index (χ1) is 2.56. The second kappa shape index (κ2) is 3.65. The summed E-state index contributed by atoms with van der Waals surface area (Å²) >= 11 is 4.08. The molecule has 0 saturated heterocycles. The fourth-order valence-electron chi connectivity index (χ4n) is 0. The van der Waals surface area contributed by atoms with E-state index in [1.807, 2.05) is 0 Å². The first kappa shape index (κ1) is 10.6. The van der Waals surface area contributed by atoms with E-state index >= 15 is 0 Å². The molecule has 0 aliphatic rings. The van der Waals surface area contributed by atoms with Crippen molar-refractivity contribution in [1.82, 2.24) is 0 Å². The standard InChI is InChI=1S/ClHO4S.Fe/c1-5-6(2,3)4;/h(H,2,3,4);/q;+2/p-1. The molecule has 0 atom stereocenters. The number of hydrogen-bond acceptors (Lipinski definition) is 4. The molecule has 0 rings (SSSR count). The van der Waals surface area contributed by atoms with E-state index < -0.39 is 10.4 Å². The average molecular weight is 187 g/mol. The predicted molar refractivity (Wildman–Crippen MR) is 16.6 cm³/mol. The van der Waals surface area contributed by atoms with Crippen LogP contribution in [0.3, 0.4) is 0 Å². The van der Waals surface area contributed by atoms with Crippen molar-refractivity contribution in [3.8, 4) is 0 Å². The van der Waals surface area contributed by atoms with Crippen molar-refractivity contribution < 1.29 is 33.8 Å². The minimum Gasteiger partial charge on any atom is -0.725 e. The molecule has 0 aromatic carbocycles. The van der Waals surface area contributed by atoms with Gasteiger partial charge in [0.1, 0.15) is 0 Å². The van der Waals surface area contributed by atoms with E-state index in [-0.39, 0.29) is 17.1 Å². The maximum atomic E-state index is 9.09. The monoisotopic (exact) mass is 187 g/mol. The van der Waals surface area contributed by atoms with Crippen LogP contribution in [0.25, 0.3) is 0 Å². The van der Waals surface area contributed by atoms with Crippen molar-refractivity contribution in [2.45, 2.75) is 0 Å². The van der Waals surface area contributed by atoms with Gasteiger partial charge in [-0.15, -0.1) is 0 Å². The molecule has 0 aromatic heterocycles. The van der Waals surface area contributed by atoms with Crippen molar-refractivity contribution in [3.05, 3.63) is 0 Å².